The molecule has 142 valence electrons. The number of nitrogens with zero attached hydrogens (tertiary/aromatic N) is 2. The van der Waals surface area contributed by atoms with E-state index in [-0.39, 0.29) is 18.6 Å². The number of aromatic nitrogens is 2. The highest BCUT2D eigenvalue weighted by molar-refractivity contribution is 5.94. The van der Waals surface area contributed by atoms with Crippen molar-refractivity contribution in [3.05, 3.63) is 70.9 Å². The summed E-state index contributed by atoms with van der Waals surface area (Å²) >= 11 is 0. The zero-order chi connectivity index (χ0) is 19.8. The summed E-state index contributed by atoms with van der Waals surface area (Å²) in [6.07, 6.45) is -2.09. The van der Waals surface area contributed by atoms with E-state index in [0.717, 1.165) is 18.3 Å². The minimum absolute atomic E-state index is 0.0344. The first-order chi connectivity index (χ1) is 12.7. The highest BCUT2D eigenvalue weighted by Crippen LogP contribution is 2.29. The molecule has 0 atom stereocenters. The number of imidazole rings is 1. The van der Waals surface area contributed by atoms with E-state index in [9.17, 15) is 31.1 Å². The molecule has 2 aromatic heterocycles. The van der Waals surface area contributed by atoms with Crippen molar-refractivity contribution in [2.45, 2.75) is 12.6 Å². The number of benzene rings is 1. The van der Waals surface area contributed by atoms with Gasteiger partial charge in [-0.2, -0.15) is 13.2 Å². The maximum Gasteiger partial charge on any atom is 0.417 e. The predicted molar refractivity (Wildman–Crippen MR) is 82.5 cm³/mol. The Bertz CT molecular complexity index is 1010. The molecule has 0 spiro atoms. The van der Waals surface area contributed by atoms with Crippen LogP contribution in [0.4, 0.5) is 26.3 Å². The number of rotatable bonds is 4. The fourth-order valence-corrected chi connectivity index (χ4v) is 2.43. The number of hydrogen-bond acceptors (Lipinski definition) is 2. The van der Waals surface area contributed by atoms with E-state index in [4.69, 9.17) is 0 Å². The number of nitrogens with one attached hydrogen (secondary N) is 1. The summed E-state index contributed by atoms with van der Waals surface area (Å²) in [5, 5.41) is 2.32. The van der Waals surface area contributed by atoms with E-state index in [1.54, 1.807) is 0 Å². The smallest absolute Gasteiger partial charge is 0.352 e. The molecule has 0 aliphatic carbocycles. The molecule has 0 fully saturated rings. The van der Waals surface area contributed by atoms with Crippen LogP contribution in [0.15, 0.2) is 36.7 Å². The Morgan fingerprint density at radius 3 is 2.48 bits per heavy atom. The van der Waals surface area contributed by atoms with Gasteiger partial charge in [0.15, 0.2) is 17.5 Å². The molecule has 0 radical (unpaired) electrons. The van der Waals surface area contributed by atoms with Crippen molar-refractivity contribution in [1.29, 1.82) is 0 Å². The molecule has 4 nitrogen and oxygen atoms in total. The standard InChI is InChI=1S/C17H11F6N3O/c18-12-3-2-11(14(19)15(12)20)16(27)24-6-5-10-8-26-7-9(17(21,22)23)1-4-13(26)25-10/h1-4,7-8H,5-6H2,(H,24,27). The monoisotopic (exact) mass is 387 g/mol. The minimum Gasteiger partial charge on any atom is -0.352 e. The average Bonchev–Trinajstić information content (AvgIpc) is 3.00. The third-order valence-electron chi connectivity index (χ3n) is 3.77. The molecule has 2 heterocycles. The maximum atomic E-state index is 13.6. The van der Waals surface area contributed by atoms with Gasteiger partial charge in [0, 0.05) is 25.4 Å². The van der Waals surface area contributed by atoms with Crippen molar-refractivity contribution in [1.82, 2.24) is 14.7 Å². The van der Waals surface area contributed by atoms with Crippen LogP contribution in [0.5, 0.6) is 0 Å². The zero-order valence-electron chi connectivity index (χ0n) is 13.4. The van der Waals surface area contributed by atoms with Gasteiger partial charge in [-0.3, -0.25) is 4.79 Å². The molecule has 0 saturated carbocycles. The Morgan fingerprint density at radius 2 is 1.78 bits per heavy atom. The number of fused-ring (bicyclic) bond motifs is 1. The molecular weight excluding hydrogens is 376 g/mol. The van der Waals surface area contributed by atoms with Crippen molar-refractivity contribution in [3.63, 3.8) is 0 Å². The van der Waals surface area contributed by atoms with Crippen molar-refractivity contribution >= 4 is 11.6 Å². The Balaban J connectivity index is 1.67. The van der Waals surface area contributed by atoms with Gasteiger partial charge < -0.3 is 9.72 Å². The molecule has 0 bridgehead atoms. The highest BCUT2D eigenvalue weighted by atomic mass is 19.4. The van der Waals surface area contributed by atoms with Crippen LogP contribution in [0.25, 0.3) is 5.65 Å². The SMILES string of the molecule is O=C(NCCc1cn2cc(C(F)(F)F)ccc2n1)c1ccc(F)c(F)c1F. The first-order valence-corrected chi connectivity index (χ1v) is 7.63. The van der Waals surface area contributed by atoms with Gasteiger partial charge in [-0.25, -0.2) is 18.2 Å². The van der Waals surface area contributed by atoms with Crippen LogP contribution in [0, 0.1) is 17.5 Å². The molecule has 1 N–H and O–H groups in total. The molecule has 0 saturated heterocycles. The molecule has 3 rings (SSSR count). The van der Waals surface area contributed by atoms with Gasteiger partial charge in [0.25, 0.3) is 5.91 Å². The molecule has 1 aromatic carbocycles. The van der Waals surface area contributed by atoms with Gasteiger partial charge in [0.2, 0.25) is 0 Å². The van der Waals surface area contributed by atoms with Crippen molar-refractivity contribution in [2.75, 3.05) is 6.54 Å². The molecular formula is C17H11F6N3O. The van der Waals surface area contributed by atoms with E-state index >= 15 is 0 Å². The molecule has 0 aliphatic heterocycles. The third kappa shape index (κ3) is 3.88. The molecule has 3 aromatic rings. The summed E-state index contributed by atoms with van der Waals surface area (Å²) in [5.41, 5.74) is -0.809. The number of carbonyl (C=O) groups excluding carboxylic acids is 1. The molecule has 0 aliphatic rings. The second kappa shape index (κ2) is 6.93. The Hall–Kier alpha value is -3.04. The summed E-state index contributed by atoms with van der Waals surface area (Å²) < 4.78 is 78.9. The molecule has 10 heteroatoms. The Kier molecular flexibility index (Phi) is 4.81. The highest BCUT2D eigenvalue weighted by Gasteiger charge is 2.30. The van der Waals surface area contributed by atoms with Gasteiger partial charge >= 0.3 is 6.18 Å². The van der Waals surface area contributed by atoms with Crippen LogP contribution in [0.2, 0.25) is 0 Å². The predicted octanol–water partition coefficient (Wildman–Crippen LogP) is 3.74. The van der Waals surface area contributed by atoms with Crippen LogP contribution in [-0.2, 0) is 12.6 Å². The van der Waals surface area contributed by atoms with Gasteiger partial charge in [-0.15, -0.1) is 0 Å². The Morgan fingerprint density at radius 1 is 1.04 bits per heavy atom. The van der Waals surface area contributed by atoms with Crippen LogP contribution in [0.3, 0.4) is 0 Å². The van der Waals surface area contributed by atoms with Crippen molar-refractivity contribution < 1.29 is 31.1 Å². The normalized spacial score (nSPS) is 11.8. The summed E-state index contributed by atoms with van der Waals surface area (Å²) in [6.45, 7) is -0.0344. The zero-order valence-corrected chi connectivity index (χ0v) is 13.4. The van der Waals surface area contributed by atoms with Gasteiger partial charge in [0.1, 0.15) is 5.65 Å². The first-order valence-electron chi connectivity index (χ1n) is 7.63. The summed E-state index contributed by atoms with van der Waals surface area (Å²) in [4.78, 5) is 16.0. The minimum atomic E-state index is -4.49. The quantitative estimate of drug-likeness (QED) is 0.548. The maximum absolute atomic E-state index is 13.6. The fraction of sp³-hybridized carbons (Fsp3) is 0.176. The van der Waals surface area contributed by atoms with Crippen molar-refractivity contribution in [3.8, 4) is 0 Å². The van der Waals surface area contributed by atoms with Crippen LogP contribution >= 0.6 is 0 Å². The lowest BCUT2D eigenvalue weighted by atomic mass is 10.2. The Labute approximate surface area is 148 Å². The second-order valence-electron chi connectivity index (χ2n) is 5.64. The lowest BCUT2D eigenvalue weighted by Crippen LogP contribution is -2.27. The molecule has 27 heavy (non-hydrogen) atoms. The average molecular weight is 387 g/mol. The first kappa shape index (κ1) is 18.7. The largest absolute Gasteiger partial charge is 0.417 e. The van der Waals surface area contributed by atoms with Crippen LogP contribution in [-0.4, -0.2) is 21.8 Å². The van der Waals surface area contributed by atoms with Crippen LogP contribution in [0.1, 0.15) is 21.6 Å². The van der Waals surface area contributed by atoms with E-state index in [0.29, 0.717) is 11.8 Å². The van der Waals surface area contributed by atoms with E-state index in [2.05, 4.69) is 10.3 Å². The van der Waals surface area contributed by atoms with E-state index < -0.39 is 40.7 Å². The van der Waals surface area contributed by atoms with Gasteiger partial charge in [0.05, 0.1) is 16.8 Å². The third-order valence-corrected chi connectivity index (χ3v) is 3.77. The number of halogens is 6. The number of pyridine rings is 1. The molecule has 1 amide bonds. The number of alkyl halides is 3. The number of amides is 1. The number of carbonyl (C=O) groups is 1. The lowest BCUT2D eigenvalue weighted by Gasteiger charge is -2.06. The summed E-state index contributed by atoms with van der Waals surface area (Å²) in [6, 6.07) is 3.56. The van der Waals surface area contributed by atoms with Crippen molar-refractivity contribution in [2.24, 2.45) is 0 Å². The van der Waals surface area contributed by atoms with Crippen LogP contribution < -0.4 is 5.32 Å². The number of hydrogen-bond donors (Lipinski definition) is 1. The van der Waals surface area contributed by atoms with E-state index in [1.165, 1.54) is 16.7 Å². The summed E-state index contributed by atoms with van der Waals surface area (Å²) in [5.74, 6) is -5.70. The van der Waals surface area contributed by atoms with Gasteiger partial charge in [-0.1, -0.05) is 0 Å². The molecule has 0 unspecified atom stereocenters. The topological polar surface area (TPSA) is 46.4 Å². The lowest BCUT2D eigenvalue weighted by molar-refractivity contribution is -0.137. The summed E-state index contributed by atoms with van der Waals surface area (Å²) in [7, 11) is 0. The van der Waals surface area contributed by atoms with Gasteiger partial charge in [-0.05, 0) is 24.3 Å². The van der Waals surface area contributed by atoms with E-state index in [1.807, 2.05) is 0 Å². The second-order valence-corrected chi connectivity index (χ2v) is 5.64. The fourth-order valence-electron chi connectivity index (χ4n) is 2.43.